The molecule has 0 spiro atoms. The van der Waals surface area contributed by atoms with Crippen molar-refractivity contribution in [2.75, 3.05) is 0 Å². The third-order valence-electron chi connectivity index (χ3n) is 4.65. The Bertz CT molecular complexity index is 1190. The maximum Gasteiger partial charge on any atom is 0.339 e. The van der Waals surface area contributed by atoms with Crippen LogP contribution in [0.2, 0.25) is 0 Å². The number of ether oxygens (including phenoxy) is 1. The molecule has 0 bridgehead atoms. The molecular weight excluding hydrogens is 456 g/mol. The lowest BCUT2D eigenvalue weighted by atomic mass is 10.2. The molecule has 0 aliphatic heterocycles. The number of carboxylic acid groups (broad SMARTS) is 2. The fourth-order valence-corrected chi connectivity index (χ4v) is 3.27. The summed E-state index contributed by atoms with van der Waals surface area (Å²) >= 11 is 0. The Morgan fingerprint density at radius 3 is 2.36 bits per heavy atom. The predicted octanol–water partition coefficient (Wildman–Crippen LogP) is 6.90. The van der Waals surface area contributed by atoms with Crippen LogP contribution in [-0.2, 0) is 17.9 Å². The zero-order chi connectivity index (χ0) is 26.9. The molecular formula is C29H36N2O5. The molecule has 1 heterocycles. The van der Waals surface area contributed by atoms with E-state index in [2.05, 4.69) is 36.3 Å². The normalized spacial score (nSPS) is 10.7. The van der Waals surface area contributed by atoms with Gasteiger partial charge in [0.25, 0.3) is 5.97 Å². The molecule has 2 N–H and O–H groups in total. The number of carbonyl (C=O) groups is 2. The van der Waals surface area contributed by atoms with E-state index in [0.717, 1.165) is 36.6 Å². The van der Waals surface area contributed by atoms with Crippen molar-refractivity contribution in [2.45, 2.75) is 53.7 Å². The highest BCUT2D eigenvalue weighted by Gasteiger charge is 2.14. The molecule has 2 aromatic carbocycles. The number of aromatic carboxylic acids is 1. The molecule has 0 aliphatic rings. The Morgan fingerprint density at radius 2 is 1.72 bits per heavy atom. The van der Waals surface area contributed by atoms with Crippen molar-refractivity contribution in [3.05, 3.63) is 96.4 Å². The number of para-hydroxylation sites is 3. The number of aromatic nitrogens is 2. The summed E-state index contributed by atoms with van der Waals surface area (Å²) < 4.78 is 8.00. The Balaban J connectivity index is 0.000000982. The third kappa shape index (κ3) is 9.62. The van der Waals surface area contributed by atoms with Crippen LogP contribution in [0.5, 0.6) is 5.75 Å². The minimum atomic E-state index is -1.01. The number of hydrogen-bond donors (Lipinski definition) is 2. The van der Waals surface area contributed by atoms with Gasteiger partial charge in [-0.15, -0.1) is 6.58 Å². The molecule has 0 amide bonds. The molecule has 36 heavy (non-hydrogen) atoms. The summed E-state index contributed by atoms with van der Waals surface area (Å²) in [6, 6.07) is 14.6. The van der Waals surface area contributed by atoms with Crippen LogP contribution in [0.4, 0.5) is 0 Å². The number of nitrogens with zero attached hydrogens (tertiary/aromatic N) is 2. The fourth-order valence-electron chi connectivity index (χ4n) is 3.27. The molecule has 0 radical (unpaired) electrons. The predicted molar refractivity (Wildman–Crippen MR) is 144 cm³/mol. The zero-order valence-electron chi connectivity index (χ0n) is 21.5. The number of imidazole rings is 1. The van der Waals surface area contributed by atoms with Crippen molar-refractivity contribution in [2.24, 2.45) is 0 Å². The van der Waals surface area contributed by atoms with E-state index < -0.39 is 11.9 Å². The van der Waals surface area contributed by atoms with E-state index in [4.69, 9.17) is 19.6 Å². The maximum absolute atomic E-state index is 11.5. The first kappa shape index (κ1) is 29.9. The second kappa shape index (κ2) is 16.5. The second-order valence-electron chi connectivity index (χ2n) is 7.33. The number of carboxylic acids is 2. The molecule has 0 unspecified atom stereocenters. The first-order valence-corrected chi connectivity index (χ1v) is 11.9. The van der Waals surface area contributed by atoms with Crippen LogP contribution in [-0.4, -0.2) is 31.7 Å². The third-order valence-corrected chi connectivity index (χ3v) is 4.65. The highest BCUT2D eigenvalue weighted by molar-refractivity contribution is 5.90. The van der Waals surface area contributed by atoms with Crippen molar-refractivity contribution in [1.29, 1.82) is 0 Å². The van der Waals surface area contributed by atoms with Crippen LogP contribution in [0, 0.1) is 0 Å². The van der Waals surface area contributed by atoms with Gasteiger partial charge < -0.3 is 19.5 Å². The van der Waals surface area contributed by atoms with Gasteiger partial charge in [-0.25, -0.2) is 9.78 Å². The number of fused-ring (bicyclic) bond motifs is 1. The molecule has 0 saturated carbocycles. The van der Waals surface area contributed by atoms with E-state index in [1.807, 2.05) is 44.2 Å². The van der Waals surface area contributed by atoms with Gasteiger partial charge in [0.1, 0.15) is 23.7 Å². The molecule has 1 aromatic heterocycles. The number of benzene rings is 2. The van der Waals surface area contributed by atoms with Crippen molar-refractivity contribution < 1.29 is 24.5 Å². The minimum absolute atomic E-state index is 0.138. The van der Waals surface area contributed by atoms with Gasteiger partial charge in [-0.3, -0.25) is 4.79 Å². The standard InChI is InChI=1S/C25H26N2O3.C2H4O2.C2H6/c1-3-5-6-12-19(11-4-2)17-27-22-15-9-8-14-21(22)26-24(27)18-30-23-16-10-7-13-20(23)25(28)29;1-2(3)4;1-2/h3,6-16H,1,4-5,17-18H2,2H3,(H,28,29);1H3,(H,3,4);1-2H3/b12-6?,19-11+;;. The molecule has 0 atom stereocenters. The van der Waals surface area contributed by atoms with Crippen LogP contribution in [0.25, 0.3) is 11.0 Å². The molecule has 0 saturated heterocycles. The monoisotopic (exact) mass is 492 g/mol. The maximum atomic E-state index is 11.5. The van der Waals surface area contributed by atoms with E-state index in [1.54, 1.807) is 18.2 Å². The molecule has 7 nitrogen and oxygen atoms in total. The van der Waals surface area contributed by atoms with Crippen LogP contribution >= 0.6 is 0 Å². The van der Waals surface area contributed by atoms with Gasteiger partial charge in [0.05, 0.1) is 11.0 Å². The lowest BCUT2D eigenvalue weighted by molar-refractivity contribution is -0.134. The molecule has 0 fully saturated rings. The Labute approximate surface area is 213 Å². The van der Waals surface area contributed by atoms with Gasteiger partial charge in [0.2, 0.25) is 0 Å². The Hall–Kier alpha value is -4.13. The van der Waals surface area contributed by atoms with E-state index >= 15 is 0 Å². The van der Waals surface area contributed by atoms with Crippen LogP contribution < -0.4 is 4.74 Å². The minimum Gasteiger partial charge on any atom is -0.485 e. The molecule has 3 rings (SSSR count). The number of hydrogen-bond acceptors (Lipinski definition) is 4. The number of allylic oxidation sites excluding steroid dienone is 5. The van der Waals surface area contributed by atoms with Crippen molar-refractivity contribution in [3.63, 3.8) is 0 Å². The lowest BCUT2D eigenvalue weighted by Gasteiger charge is -2.12. The quantitative estimate of drug-likeness (QED) is 0.236. The topological polar surface area (TPSA) is 102 Å². The highest BCUT2D eigenvalue weighted by atomic mass is 16.5. The average Bonchev–Trinajstić information content (AvgIpc) is 3.21. The summed E-state index contributed by atoms with van der Waals surface area (Å²) in [5, 5.41) is 16.8. The smallest absolute Gasteiger partial charge is 0.339 e. The van der Waals surface area contributed by atoms with Crippen molar-refractivity contribution >= 4 is 23.0 Å². The van der Waals surface area contributed by atoms with Crippen molar-refractivity contribution in [3.8, 4) is 5.75 Å². The lowest BCUT2D eigenvalue weighted by Crippen LogP contribution is -2.10. The summed E-state index contributed by atoms with van der Waals surface area (Å²) in [7, 11) is 0. The first-order chi connectivity index (χ1) is 17.4. The largest absolute Gasteiger partial charge is 0.485 e. The zero-order valence-corrected chi connectivity index (χ0v) is 21.5. The molecule has 3 aromatic rings. The van der Waals surface area contributed by atoms with Gasteiger partial charge in [0.15, 0.2) is 0 Å². The van der Waals surface area contributed by atoms with E-state index in [1.165, 1.54) is 11.6 Å². The van der Waals surface area contributed by atoms with Gasteiger partial charge in [-0.1, -0.05) is 69.3 Å². The van der Waals surface area contributed by atoms with E-state index in [-0.39, 0.29) is 12.2 Å². The SMILES string of the molecule is C=CCC=C/C(=C\CC)Cn1c(COc2ccccc2C(=O)O)nc2ccccc21.CC.CC(=O)O. The summed E-state index contributed by atoms with van der Waals surface area (Å²) in [5.41, 5.74) is 3.21. The van der Waals surface area contributed by atoms with E-state index in [9.17, 15) is 9.90 Å². The van der Waals surface area contributed by atoms with Crippen LogP contribution in [0.1, 0.15) is 56.7 Å². The Kier molecular flexibility index (Phi) is 13.7. The van der Waals surface area contributed by atoms with Crippen LogP contribution in [0.3, 0.4) is 0 Å². The van der Waals surface area contributed by atoms with Gasteiger partial charge in [-0.05, 0) is 42.7 Å². The summed E-state index contributed by atoms with van der Waals surface area (Å²) in [6.07, 6.45) is 10.0. The van der Waals surface area contributed by atoms with Crippen LogP contribution in [0.15, 0.2) is 85.0 Å². The van der Waals surface area contributed by atoms with Gasteiger partial charge in [-0.2, -0.15) is 0 Å². The molecule has 192 valence electrons. The summed E-state index contributed by atoms with van der Waals surface area (Å²) in [5.74, 6) is -0.769. The summed E-state index contributed by atoms with van der Waals surface area (Å²) in [4.78, 5) is 25.2. The Morgan fingerprint density at radius 1 is 1.08 bits per heavy atom. The number of aliphatic carboxylic acids is 1. The van der Waals surface area contributed by atoms with Gasteiger partial charge in [0, 0.05) is 13.5 Å². The number of rotatable bonds is 10. The average molecular weight is 493 g/mol. The van der Waals surface area contributed by atoms with E-state index in [0.29, 0.717) is 12.3 Å². The molecule has 7 heteroatoms. The van der Waals surface area contributed by atoms with Gasteiger partial charge >= 0.3 is 5.97 Å². The molecule has 0 aliphatic carbocycles. The first-order valence-electron chi connectivity index (χ1n) is 11.9. The fraction of sp³-hybridized carbons (Fsp3) is 0.276. The highest BCUT2D eigenvalue weighted by Crippen LogP contribution is 2.22. The second-order valence-corrected chi connectivity index (χ2v) is 7.33. The summed E-state index contributed by atoms with van der Waals surface area (Å²) in [6.45, 7) is 11.8. The van der Waals surface area contributed by atoms with Crippen molar-refractivity contribution in [1.82, 2.24) is 9.55 Å².